The zero-order chi connectivity index (χ0) is 25.8. The number of fused-ring (bicyclic) bond motifs is 4. The fourth-order valence-corrected chi connectivity index (χ4v) is 6.30. The second kappa shape index (κ2) is 10.7. The minimum atomic E-state index is -3.60. The normalized spacial score (nSPS) is 11.9. The molecule has 0 unspecified atom stereocenters. The highest BCUT2D eigenvalue weighted by molar-refractivity contribution is 7.89. The van der Waals surface area contributed by atoms with Gasteiger partial charge in [-0.3, -0.25) is 4.79 Å². The van der Waals surface area contributed by atoms with Crippen LogP contribution in [0.15, 0.2) is 89.8 Å². The first-order valence-electron chi connectivity index (χ1n) is 12.8. The van der Waals surface area contributed by atoms with Crippen LogP contribution in [0.1, 0.15) is 32.6 Å². The topological polar surface area (TPSA) is 80.2 Å². The molecule has 0 saturated carbocycles. The van der Waals surface area contributed by atoms with Crippen LogP contribution in [0.4, 0.5) is 5.69 Å². The molecule has 5 aromatic rings. The number of aryl methyl sites for hydroxylation is 1. The highest BCUT2D eigenvalue weighted by Crippen LogP contribution is 2.31. The number of aromatic nitrogens is 1. The Labute approximate surface area is 217 Å². The highest BCUT2D eigenvalue weighted by Gasteiger charge is 2.16. The van der Waals surface area contributed by atoms with Crippen LogP contribution in [0.5, 0.6) is 0 Å². The van der Waals surface area contributed by atoms with Crippen LogP contribution in [0.3, 0.4) is 0 Å². The first-order chi connectivity index (χ1) is 18.0. The lowest BCUT2D eigenvalue weighted by molar-refractivity contribution is -0.116. The average Bonchev–Trinajstić information content (AvgIpc) is 3.23. The van der Waals surface area contributed by atoms with Gasteiger partial charge < -0.3 is 9.88 Å². The Morgan fingerprint density at radius 2 is 1.51 bits per heavy atom. The maximum Gasteiger partial charge on any atom is 0.241 e. The molecule has 0 bridgehead atoms. The summed E-state index contributed by atoms with van der Waals surface area (Å²) >= 11 is 0. The largest absolute Gasteiger partial charge is 0.341 e. The van der Waals surface area contributed by atoms with Crippen molar-refractivity contribution >= 4 is 54.2 Å². The van der Waals surface area contributed by atoms with Gasteiger partial charge in [0.2, 0.25) is 15.9 Å². The van der Waals surface area contributed by atoms with Crippen molar-refractivity contribution in [3.05, 3.63) is 84.9 Å². The van der Waals surface area contributed by atoms with E-state index in [1.54, 1.807) is 12.1 Å². The van der Waals surface area contributed by atoms with Gasteiger partial charge >= 0.3 is 0 Å². The number of carbonyl (C=O) groups is 1. The lowest BCUT2D eigenvalue weighted by Crippen LogP contribution is -2.25. The van der Waals surface area contributed by atoms with Crippen LogP contribution in [-0.4, -0.2) is 25.4 Å². The standard InChI is InChI=1S/C30H31N3O3S/c1-2-33-27-15-8-7-14-25(27)26-21-23(18-19-28(26)33)32-30(34)17-4-3-9-20-31-37(35,36)29-16-10-12-22-11-5-6-13-24(22)29/h5-8,10-16,18-19,21,31H,2-4,9,17,20H2,1H3,(H,32,34). The Kier molecular flexibility index (Phi) is 7.26. The summed E-state index contributed by atoms with van der Waals surface area (Å²) in [6.07, 6.45) is 2.51. The molecule has 0 atom stereocenters. The van der Waals surface area contributed by atoms with Gasteiger partial charge in [-0.1, -0.05) is 61.0 Å². The summed E-state index contributed by atoms with van der Waals surface area (Å²) in [6, 6.07) is 27.1. The van der Waals surface area contributed by atoms with Gasteiger partial charge in [0, 0.05) is 52.4 Å². The molecule has 5 rings (SSSR count). The molecule has 4 aromatic carbocycles. The van der Waals surface area contributed by atoms with E-state index in [1.807, 2.05) is 54.6 Å². The lowest BCUT2D eigenvalue weighted by Gasteiger charge is -2.10. The SMILES string of the molecule is CCn1c2ccccc2c2cc(NC(=O)CCCCCNS(=O)(=O)c3cccc4ccccc34)ccc21. The van der Waals surface area contributed by atoms with Crippen LogP contribution in [0.2, 0.25) is 0 Å². The summed E-state index contributed by atoms with van der Waals surface area (Å²) in [5.41, 5.74) is 3.14. The number of unbranched alkanes of at least 4 members (excludes halogenated alkanes) is 2. The number of nitrogens with zero attached hydrogens (tertiary/aromatic N) is 1. The smallest absolute Gasteiger partial charge is 0.241 e. The molecule has 1 heterocycles. The third kappa shape index (κ3) is 5.24. The van der Waals surface area contributed by atoms with Gasteiger partial charge in [0.25, 0.3) is 0 Å². The molecule has 37 heavy (non-hydrogen) atoms. The van der Waals surface area contributed by atoms with Crippen LogP contribution < -0.4 is 10.0 Å². The van der Waals surface area contributed by atoms with Crippen molar-refractivity contribution in [2.45, 2.75) is 44.0 Å². The Balaban J connectivity index is 1.12. The van der Waals surface area contributed by atoms with Crippen molar-refractivity contribution < 1.29 is 13.2 Å². The van der Waals surface area contributed by atoms with E-state index in [-0.39, 0.29) is 5.91 Å². The molecule has 2 N–H and O–H groups in total. The van der Waals surface area contributed by atoms with E-state index in [9.17, 15) is 13.2 Å². The number of para-hydroxylation sites is 1. The van der Waals surface area contributed by atoms with E-state index in [0.29, 0.717) is 36.1 Å². The van der Waals surface area contributed by atoms with E-state index >= 15 is 0 Å². The molecule has 1 aromatic heterocycles. The van der Waals surface area contributed by atoms with E-state index in [0.717, 1.165) is 34.9 Å². The molecule has 0 aliphatic carbocycles. The maximum absolute atomic E-state index is 12.8. The zero-order valence-corrected chi connectivity index (χ0v) is 21.7. The number of nitrogens with one attached hydrogen (secondary N) is 2. The number of rotatable bonds is 10. The van der Waals surface area contributed by atoms with Crippen molar-refractivity contribution in [1.29, 1.82) is 0 Å². The first-order valence-corrected chi connectivity index (χ1v) is 14.2. The Morgan fingerprint density at radius 1 is 0.784 bits per heavy atom. The van der Waals surface area contributed by atoms with E-state index in [1.165, 1.54) is 10.9 Å². The number of sulfonamides is 1. The molecule has 0 aliphatic rings. The van der Waals surface area contributed by atoms with Gasteiger partial charge in [0.1, 0.15) is 0 Å². The zero-order valence-electron chi connectivity index (χ0n) is 20.9. The molecule has 7 heteroatoms. The van der Waals surface area contributed by atoms with Gasteiger partial charge in [0.15, 0.2) is 0 Å². The monoisotopic (exact) mass is 513 g/mol. The Hall–Kier alpha value is -3.68. The van der Waals surface area contributed by atoms with Gasteiger partial charge in [-0.05, 0) is 55.5 Å². The molecule has 6 nitrogen and oxygen atoms in total. The first kappa shape index (κ1) is 25.0. The van der Waals surface area contributed by atoms with Crippen LogP contribution in [0.25, 0.3) is 32.6 Å². The molecule has 1 amide bonds. The van der Waals surface area contributed by atoms with E-state index < -0.39 is 10.0 Å². The molecular weight excluding hydrogens is 482 g/mol. The molecular formula is C30H31N3O3S. The number of hydrogen-bond acceptors (Lipinski definition) is 3. The molecule has 0 radical (unpaired) electrons. The molecule has 0 spiro atoms. The van der Waals surface area contributed by atoms with Gasteiger partial charge in [-0.2, -0.15) is 0 Å². The van der Waals surface area contributed by atoms with Crippen molar-refractivity contribution in [2.75, 3.05) is 11.9 Å². The summed E-state index contributed by atoms with van der Waals surface area (Å²) in [4.78, 5) is 12.8. The number of carbonyl (C=O) groups excluding carboxylic acids is 1. The fraction of sp³-hybridized carbons (Fsp3) is 0.233. The van der Waals surface area contributed by atoms with Crippen LogP contribution >= 0.6 is 0 Å². The van der Waals surface area contributed by atoms with E-state index in [2.05, 4.69) is 39.7 Å². The summed E-state index contributed by atoms with van der Waals surface area (Å²) in [5, 5.41) is 6.94. The Morgan fingerprint density at radius 3 is 2.35 bits per heavy atom. The molecule has 0 fully saturated rings. The second-order valence-corrected chi connectivity index (χ2v) is 11.0. The lowest BCUT2D eigenvalue weighted by atomic mass is 10.1. The summed E-state index contributed by atoms with van der Waals surface area (Å²) in [7, 11) is -3.60. The second-order valence-electron chi connectivity index (χ2n) is 9.23. The predicted octanol–water partition coefficient (Wildman–Crippen LogP) is 6.45. The molecule has 0 saturated heterocycles. The minimum Gasteiger partial charge on any atom is -0.341 e. The van der Waals surface area contributed by atoms with Crippen molar-refractivity contribution in [3.63, 3.8) is 0 Å². The third-order valence-electron chi connectivity index (χ3n) is 6.78. The van der Waals surface area contributed by atoms with E-state index in [4.69, 9.17) is 0 Å². The molecule has 190 valence electrons. The average molecular weight is 514 g/mol. The summed E-state index contributed by atoms with van der Waals surface area (Å²) in [5.74, 6) is -0.0325. The van der Waals surface area contributed by atoms with Crippen molar-refractivity contribution in [1.82, 2.24) is 9.29 Å². The number of benzene rings is 4. The summed E-state index contributed by atoms with van der Waals surface area (Å²) < 4.78 is 30.6. The number of amides is 1. The summed E-state index contributed by atoms with van der Waals surface area (Å²) in [6.45, 7) is 3.36. The van der Waals surface area contributed by atoms with Crippen molar-refractivity contribution in [3.8, 4) is 0 Å². The van der Waals surface area contributed by atoms with Crippen LogP contribution in [-0.2, 0) is 21.4 Å². The number of hydrogen-bond donors (Lipinski definition) is 2. The molecule has 0 aliphatic heterocycles. The highest BCUT2D eigenvalue weighted by atomic mass is 32.2. The maximum atomic E-state index is 12.8. The van der Waals surface area contributed by atoms with Gasteiger partial charge in [-0.15, -0.1) is 0 Å². The third-order valence-corrected chi connectivity index (χ3v) is 8.30. The number of anilines is 1. The minimum absolute atomic E-state index is 0.0325. The van der Waals surface area contributed by atoms with Gasteiger partial charge in [-0.25, -0.2) is 13.1 Å². The Bertz CT molecular complexity index is 1680. The fourth-order valence-electron chi connectivity index (χ4n) is 5.00. The quantitative estimate of drug-likeness (QED) is 0.211. The predicted molar refractivity (Wildman–Crippen MR) is 151 cm³/mol. The van der Waals surface area contributed by atoms with Crippen molar-refractivity contribution in [2.24, 2.45) is 0 Å². The van der Waals surface area contributed by atoms with Gasteiger partial charge in [0.05, 0.1) is 4.90 Å². The van der Waals surface area contributed by atoms with Crippen LogP contribution in [0, 0.1) is 0 Å².